The van der Waals surface area contributed by atoms with E-state index in [4.69, 9.17) is 5.63 Å². The molecule has 0 heterocycles. The standard InChI is InChI=1S/C11H11.2C7H5F3O.C5H5.Zr/c1-8-7-9(2)11-6-4-3-5-10(8)11;2*8-7(9,10)5-3-1-2-4-6(5)11;1-2-4-5-3-1;/h3-6,8H,1-2H3;2*1-4,11H;1-3H,4H2;/q;;;;+2/p-2. The molecule has 3 aromatic rings. The quantitative estimate of drug-likeness (QED) is 0.255. The molecule has 2 aliphatic carbocycles. The second-order valence-electron chi connectivity index (χ2n) is 9.48. The van der Waals surface area contributed by atoms with E-state index in [2.05, 4.69) is 0 Å². The second kappa shape index (κ2) is 10.2. The van der Waals surface area contributed by atoms with E-state index in [1.165, 1.54) is 36.4 Å². The molecule has 0 bridgehead atoms. The zero-order valence-electron chi connectivity index (χ0n) is 21.0. The number of fused-ring (bicyclic) bond motifs is 1. The fraction of sp³-hybridized carbons (Fsp3) is 0.200. The zero-order chi connectivity index (χ0) is 28.0. The van der Waals surface area contributed by atoms with Gasteiger partial charge in [-0.1, -0.05) is 0 Å². The summed E-state index contributed by atoms with van der Waals surface area (Å²) in [6.07, 6.45) is -3.91. The summed E-state index contributed by atoms with van der Waals surface area (Å²) in [5.41, 5.74) is 0.556. The van der Waals surface area contributed by atoms with Gasteiger partial charge in [-0.25, -0.2) is 0 Å². The number of benzene rings is 3. The second-order valence-corrected chi connectivity index (χ2v) is 16.4. The van der Waals surface area contributed by atoms with Crippen LogP contribution in [0.2, 0.25) is 0 Å². The number of para-hydroxylation sites is 2. The molecule has 1 atom stereocenters. The fourth-order valence-electron chi connectivity index (χ4n) is 5.39. The Morgan fingerprint density at radius 2 is 1.26 bits per heavy atom. The van der Waals surface area contributed by atoms with Gasteiger partial charge < -0.3 is 0 Å². The molecule has 0 amide bonds. The molecule has 1 unspecified atom stereocenters. The van der Waals surface area contributed by atoms with E-state index in [1.807, 2.05) is 44.2 Å². The summed E-state index contributed by atoms with van der Waals surface area (Å²) >= 11 is -5.38. The van der Waals surface area contributed by atoms with Crippen LogP contribution in [0.15, 0.2) is 97.6 Å². The molecule has 39 heavy (non-hydrogen) atoms. The van der Waals surface area contributed by atoms with Crippen LogP contribution in [0.3, 0.4) is 0 Å². The summed E-state index contributed by atoms with van der Waals surface area (Å²) in [6.45, 7) is 3.74. The number of halogens is 6. The van der Waals surface area contributed by atoms with Crippen LogP contribution >= 0.6 is 0 Å². The van der Waals surface area contributed by atoms with Crippen LogP contribution in [-0.2, 0) is 33.5 Å². The van der Waals surface area contributed by atoms with Crippen LogP contribution < -0.4 is 5.63 Å². The number of hydrogen-bond acceptors (Lipinski definition) is 2. The third-order valence-corrected chi connectivity index (χ3v) is 16.3. The number of allylic oxidation sites excluding steroid dienone is 6. The number of rotatable bonds is 6. The molecule has 2 aliphatic rings. The minimum atomic E-state index is -5.38. The van der Waals surface area contributed by atoms with Crippen molar-refractivity contribution in [2.45, 2.75) is 38.5 Å². The molecule has 0 aliphatic heterocycles. The van der Waals surface area contributed by atoms with Crippen LogP contribution in [0.4, 0.5) is 26.3 Å². The Balaban J connectivity index is 1.80. The third kappa shape index (κ3) is 5.02. The van der Waals surface area contributed by atoms with Gasteiger partial charge in [-0.3, -0.25) is 0 Å². The molecule has 0 saturated carbocycles. The Bertz CT molecular complexity index is 1440. The van der Waals surface area contributed by atoms with Gasteiger partial charge in [-0.2, -0.15) is 0 Å². The predicted octanol–water partition coefficient (Wildman–Crippen LogP) is 9.56. The topological polar surface area (TPSA) is 18.5 Å². The average Bonchev–Trinajstić information content (AvgIpc) is 3.51. The van der Waals surface area contributed by atoms with Crippen LogP contribution in [0.25, 0.3) is 5.57 Å². The van der Waals surface area contributed by atoms with Gasteiger partial charge in [-0.15, -0.1) is 0 Å². The minimum absolute atomic E-state index is 0.304. The van der Waals surface area contributed by atoms with Crippen molar-refractivity contribution in [3.8, 4) is 11.5 Å². The molecule has 0 saturated heterocycles. The summed E-state index contributed by atoms with van der Waals surface area (Å²) in [4.78, 5) is 0. The molecular formula is C30H24F6O2Zr. The Morgan fingerprint density at radius 1 is 0.744 bits per heavy atom. The van der Waals surface area contributed by atoms with E-state index in [-0.39, 0.29) is 5.92 Å². The zero-order valence-corrected chi connectivity index (χ0v) is 23.5. The molecule has 0 spiro atoms. The molecule has 202 valence electrons. The van der Waals surface area contributed by atoms with Crippen LogP contribution in [0.1, 0.15) is 48.4 Å². The normalized spacial score (nSPS) is 17.3. The van der Waals surface area contributed by atoms with E-state index in [9.17, 15) is 26.3 Å². The summed E-state index contributed by atoms with van der Waals surface area (Å²) < 4.78 is 98.9. The summed E-state index contributed by atoms with van der Waals surface area (Å²) in [5, 5.41) is 0. The maximum absolute atomic E-state index is 14.1. The van der Waals surface area contributed by atoms with Gasteiger partial charge in [-0.05, 0) is 0 Å². The summed E-state index contributed by atoms with van der Waals surface area (Å²) in [5.74, 6) is -1.25. The van der Waals surface area contributed by atoms with Gasteiger partial charge in [0.15, 0.2) is 0 Å². The van der Waals surface area contributed by atoms with Gasteiger partial charge in [0.2, 0.25) is 0 Å². The SMILES string of the molecule is CC1=[C]([Zr]([O]c2ccccc2C(F)(F)F)([O]c2ccccc2C(F)(F)F)[C]2=CC=CC2)C(C)c2ccccc21. The van der Waals surface area contributed by atoms with Crippen molar-refractivity contribution < 1.29 is 53.1 Å². The van der Waals surface area contributed by atoms with E-state index in [0.29, 0.717) is 13.0 Å². The first kappa shape index (κ1) is 27.5. The molecule has 0 radical (unpaired) electrons. The van der Waals surface area contributed by atoms with E-state index < -0.39 is 56.1 Å². The van der Waals surface area contributed by atoms with E-state index >= 15 is 0 Å². The maximum atomic E-state index is 14.1. The average molecular weight is 622 g/mol. The summed E-state index contributed by atoms with van der Waals surface area (Å²) in [6, 6.07) is 17.1. The van der Waals surface area contributed by atoms with Crippen molar-refractivity contribution in [3.05, 3.63) is 120 Å². The first-order valence-corrected chi connectivity index (χ1v) is 16.8. The molecule has 5 rings (SSSR count). The van der Waals surface area contributed by atoms with Crippen molar-refractivity contribution in [2.75, 3.05) is 0 Å². The molecular weight excluding hydrogens is 598 g/mol. The van der Waals surface area contributed by atoms with E-state index in [0.717, 1.165) is 28.8 Å². The first-order valence-electron chi connectivity index (χ1n) is 12.3. The van der Waals surface area contributed by atoms with Gasteiger partial charge in [0.05, 0.1) is 0 Å². The third-order valence-electron chi connectivity index (χ3n) is 7.11. The Morgan fingerprint density at radius 3 is 1.74 bits per heavy atom. The Kier molecular flexibility index (Phi) is 7.17. The molecule has 0 N–H and O–H groups in total. The Hall–Kier alpha value is -3.06. The molecule has 0 aromatic heterocycles. The molecule has 9 heteroatoms. The molecule has 2 nitrogen and oxygen atoms in total. The van der Waals surface area contributed by atoms with Crippen LogP contribution in [-0.4, -0.2) is 0 Å². The van der Waals surface area contributed by atoms with Crippen molar-refractivity contribution in [1.29, 1.82) is 0 Å². The van der Waals surface area contributed by atoms with Crippen molar-refractivity contribution in [3.63, 3.8) is 0 Å². The van der Waals surface area contributed by atoms with Gasteiger partial charge in [0.25, 0.3) is 0 Å². The monoisotopic (exact) mass is 620 g/mol. The van der Waals surface area contributed by atoms with Gasteiger partial charge >= 0.3 is 229 Å². The van der Waals surface area contributed by atoms with Crippen LogP contribution in [0, 0.1) is 0 Å². The number of hydrogen-bond donors (Lipinski definition) is 0. The van der Waals surface area contributed by atoms with Crippen molar-refractivity contribution >= 4 is 5.57 Å². The van der Waals surface area contributed by atoms with Crippen molar-refractivity contribution in [1.82, 2.24) is 0 Å². The van der Waals surface area contributed by atoms with Crippen molar-refractivity contribution in [2.24, 2.45) is 0 Å². The van der Waals surface area contributed by atoms with Crippen LogP contribution in [0.5, 0.6) is 11.5 Å². The molecule has 0 fully saturated rings. The predicted molar refractivity (Wildman–Crippen MR) is 133 cm³/mol. The summed E-state index contributed by atoms with van der Waals surface area (Å²) in [7, 11) is 0. The number of alkyl halides is 6. The van der Waals surface area contributed by atoms with Gasteiger partial charge in [0, 0.05) is 0 Å². The van der Waals surface area contributed by atoms with E-state index in [1.54, 1.807) is 12.2 Å². The first-order chi connectivity index (χ1) is 18.4. The fourth-order valence-corrected chi connectivity index (χ4v) is 15.0. The molecule has 3 aromatic carbocycles. The Labute approximate surface area is 227 Å². The van der Waals surface area contributed by atoms with Gasteiger partial charge in [0.1, 0.15) is 0 Å².